The first-order valence-electron chi connectivity index (χ1n) is 8.74. The van der Waals surface area contributed by atoms with Gasteiger partial charge < -0.3 is 10.1 Å². The number of rotatable bonds is 6. The van der Waals surface area contributed by atoms with Gasteiger partial charge >= 0.3 is 30.3 Å². The molecule has 0 aromatic carbocycles. The van der Waals surface area contributed by atoms with E-state index in [1.54, 1.807) is 0 Å². The topological polar surface area (TPSA) is 64.6 Å². The molecule has 0 bridgehead atoms. The summed E-state index contributed by atoms with van der Waals surface area (Å²) >= 11 is 0.715. The van der Waals surface area contributed by atoms with Crippen LogP contribution in [0, 0.1) is 5.92 Å². The minimum Gasteiger partial charge on any atom is -0.459 e. The van der Waals surface area contributed by atoms with Gasteiger partial charge in [-0.3, -0.25) is 4.79 Å². The molecular formula is C17H18F7NO4S. The zero-order chi connectivity index (χ0) is 23.1. The summed E-state index contributed by atoms with van der Waals surface area (Å²) in [7, 11) is 0. The van der Waals surface area contributed by atoms with Crippen LogP contribution in [0.1, 0.15) is 48.0 Å². The molecule has 170 valence electrons. The Morgan fingerprint density at radius 3 is 2.27 bits per heavy atom. The number of carbonyl (C=O) groups is 2. The molecule has 0 fully saturated rings. The van der Waals surface area contributed by atoms with E-state index >= 15 is 0 Å². The van der Waals surface area contributed by atoms with E-state index < -0.39 is 41.4 Å². The summed E-state index contributed by atoms with van der Waals surface area (Å²) in [5, 5.41) is 0.977. The second-order valence-corrected chi connectivity index (χ2v) is 8.21. The van der Waals surface area contributed by atoms with E-state index in [-0.39, 0.29) is 11.5 Å². The maximum absolute atomic E-state index is 13.8. The van der Waals surface area contributed by atoms with Crippen LogP contribution in [-0.2, 0) is 27.1 Å². The third-order valence-corrected chi connectivity index (χ3v) is 5.35. The van der Waals surface area contributed by atoms with Gasteiger partial charge in [0.05, 0.1) is 11.7 Å². The standard InChI is InChI=1S/C17H18F7NO4S/c1-7(2)28-13(26)11-9-5-4-8(3)6-10(9)30-12(11)25-14(27)15(18,19)16(20,21)29-17(22,23)24/h7-8H,4-6H2,1-3H3,(H,25,27)/t8-/m0/s1. The van der Waals surface area contributed by atoms with Crippen molar-refractivity contribution < 1.29 is 49.8 Å². The Hall–Kier alpha value is -1.89. The Morgan fingerprint density at radius 2 is 1.73 bits per heavy atom. The van der Waals surface area contributed by atoms with E-state index in [1.807, 2.05) is 6.92 Å². The Bertz CT molecular complexity index is 820. The molecule has 0 unspecified atom stereocenters. The Morgan fingerprint density at radius 1 is 1.13 bits per heavy atom. The number of nitrogens with one attached hydrogen (secondary N) is 1. The van der Waals surface area contributed by atoms with E-state index in [4.69, 9.17) is 4.74 Å². The van der Waals surface area contributed by atoms with Gasteiger partial charge in [0.25, 0.3) is 0 Å². The van der Waals surface area contributed by atoms with Crippen LogP contribution in [-0.4, -0.2) is 36.4 Å². The summed E-state index contributed by atoms with van der Waals surface area (Å²) in [6.45, 7) is 4.93. The van der Waals surface area contributed by atoms with Crippen molar-refractivity contribution in [1.82, 2.24) is 0 Å². The fourth-order valence-corrected chi connectivity index (χ4v) is 4.24. The number of anilines is 1. The highest BCUT2D eigenvalue weighted by atomic mass is 32.1. The highest BCUT2D eigenvalue weighted by Crippen LogP contribution is 2.43. The molecule has 0 aliphatic heterocycles. The number of thiophene rings is 1. The number of ether oxygens (including phenoxy) is 2. The summed E-state index contributed by atoms with van der Waals surface area (Å²) in [4.78, 5) is 24.8. The molecule has 0 radical (unpaired) electrons. The van der Waals surface area contributed by atoms with Crippen LogP contribution in [0.4, 0.5) is 35.7 Å². The average Bonchev–Trinajstić information content (AvgIpc) is 2.88. The van der Waals surface area contributed by atoms with Crippen LogP contribution < -0.4 is 5.32 Å². The monoisotopic (exact) mass is 465 g/mol. The van der Waals surface area contributed by atoms with Crippen molar-refractivity contribution in [2.45, 2.75) is 64.5 Å². The Kier molecular flexibility index (Phi) is 6.77. The number of hydrogen-bond acceptors (Lipinski definition) is 5. The van der Waals surface area contributed by atoms with E-state index in [2.05, 4.69) is 4.74 Å². The van der Waals surface area contributed by atoms with E-state index in [0.29, 0.717) is 41.0 Å². The highest BCUT2D eigenvalue weighted by Gasteiger charge is 2.67. The van der Waals surface area contributed by atoms with Crippen molar-refractivity contribution in [2.24, 2.45) is 5.92 Å². The Balaban J connectivity index is 2.39. The zero-order valence-corrected chi connectivity index (χ0v) is 16.8. The molecule has 1 amide bonds. The lowest BCUT2D eigenvalue weighted by molar-refractivity contribution is -0.457. The third-order valence-electron chi connectivity index (χ3n) is 4.18. The maximum atomic E-state index is 13.8. The van der Waals surface area contributed by atoms with Crippen molar-refractivity contribution in [3.05, 3.63) is 16.0 Å². The van der Waals surface area contributed by atoms with Crippen molar-refractivity contribution >= 4 is 28.2 Å². The quantitative estimate of drug-likeness (QED) is 0.467. The second kappa shape index (κ2) is 8.33. The van der Waals surface area contributed by atoms with E-state index in [0.717, 1.165) is 0 Å². The number of amides is 1. The van der Waals surface area contributed by atoms with Crippen LogP contribution in [0.3, 0.4) is 0 Å². The molecule has 5 nitrogen and oxygen atoms in total. The number of halogens is 7. The lowest BCUT2D eigenvalue weighted by atomic mass is 9.88. The molecule has 13 heteroatoms. The fourth-order valence-electron chi connectivity index (χ4n) is 2.85. The number of fused-ring (bicyclic) bond motifs is 1. The van der Waals surface area contributed by atoms with Gasteiger partial charge in [-0.05, 0) is 44.6 Å². The van der Waals surface area contributed by atoms with Gasteiger partial charge in [-0.25, -0.2) is 9.53 Å². The van der Waals surface area contributed by atoms with Crippen molar-refractivity contribution in [1.29, 1.82) is 0 Å². The SMILES string of the molecule is CC(C)OC(=O)c1c(NC(=O)C(F)(F)C(F)(F)OC(F)(F)F)sc2c1CC[C@H](C)C2. The molecule has 2 rings (SSSR count). The molecule has 1 aliphatic rings. The molecular weight excluding hydrogens is 447 g/mol. The highest BCUT2D eigenvalue weighted by molar-refractivity contribution is 7.17. The predicted molar refractivity (Wildman–Crippen MR) is 91.7 cm³/mol. The summed E-state index contributed by atoms with van der Waals surface area (Å²) in [5.74, 6) is -9.41. The number of hydrogen-bond donors (Lipinski definition) is 1. The summed E-state index contributed by atoms with van der Waals surface area (Å²) in [5.41, 5.74) is 0.167. The fraction of sp³-hybridized carbons (Fsp3) is 0.647. The van der Waals surface area contributed by atoms with Crippen LogP contribution >= 0.6 is 11.3 Å². The lowest BCUT2D eigenvalue weighted by Crippen LogP contribution is -2.53. The summed E-state index contributed by atoms with van der Waals surface area (Å²) < 4.78 is 97.5. The molecule has 0 spiro atoms. The van der Waals surface area contributed by atoms with Gasteiger partial charge in [-0.15, -0.1) is 24.5 Å². The lowest BCUT2D eigenvalue weighted by Gasteiger charge is -2.25. The van der Waals surface area contributed by atoms with Crippen molar-refractivity contribution in [3.63, 3.8) is 0 Å². The van der Waals surface area contributed by atoms with Crippen molar-refractivity contribution in [2.75, 3.05) is 5.32 Å². The van der Waals surface area contributed by atoms with Gasteiger partial charge in [0.1, 0.15) is 5.00 Å². The second-order valence-electron chi connectivity index (χ2n) is 7.10. The van der Waals surface area contributed by atoms with E-state index in [1.165, 1.54) is 19.2 Å². The smallest absolute Gasteiger partial charge is 0.459 e. The molecule has 1 heterocycles. The van der Waals surface area contributed by atoms with Gasteiger partial charge in [-0.2, -0.15) is 17.6 Å². The van der Waals surface area contributed by atoms with Crippen molar-refractivity contribution in [3.8, 4) is 0 Å². The first-order valence-corrected chi connectivity index (χ1v) is 9.56. The molecule has 1 aromatic rings. The van der Waals surface area contributed by atoms with Gasteiger partial charge in [0.2, 0.25) is 0 Å². The molecule has 0 saturated heterocycles. The maximum Gasteiger partial charge on any atom is 0.527 e. The van der Waals surface area contributed by atoms with Gasteiger partial charge in [-0.1, -0.05) is 6.92 Å². The molecule has 1 N–H and O–H groups in total. The first kappa shape index (κ1) is 24.4. The molecule has 1 atom stereocenters. The summed E-state index contributed by atoms with van der Waals surface area (Å²) in [6.07, 6.45) is -11.4. The molecule has 30 heavy (non-hydrogen) atoms. The van der Waals surface area contributed by atoms with Gasteiger partial charge in [0.15, 0.2) is 0 Å². The zero-order valence-electron chi connectivity index (χ0n) is 16.0. The minimum absolute atomic E-state index is 0.180. The van der Waals surface area contributed by atoms with Crippen LogP contribution in [0.25, 0.3) is 0 Å². The average molecular weight is 465 g/mol. The Labute approximate surface area is 170 Å². The van der Waals surface area contributed by atoms with Crippen LogP contribution in [0.5, 0.6) is 0 Å². The summed E-state index contributed by atoms with van der Waals surface area (Å²) in [6, 6.07) is 0. The number of alkyl halides is 7. The third kappa shape index (κ3) is 5.23. The number of esters is 1. The van der Waals surface area contributed by atoms with Gasteiger partial charge in [0, 0.05) is 4.88 Å². The van der Waals surface area contributed by atoms with E-state index in [9.17, 15) is 40.3 Å². The molecule has 1 aliphatic carbocycles. The van der Waals surface area contributed by atoms with Crippen LogP contribution in [0.15, 0.2) is 0 Å². The largest absolute Gasteiger partial charge is 0.527 e. The predicted octanol–water partition coefficient (Wildman–Crippen LogP) is 5.14. The van der Waals surface area contributed by atoms with Crippen LogP contribution in [0.2, 0.25) is 0 Å². The molecule has 0 saturated carbocycles. The normalized spacial score (nSPS) is 17.6. The first-order chi connectivity index (χ1) is 13.5. The minimum atomic E-state index is -6.17. The number of carbonyl (C=O) groups excluding carboxylic acids is 2. The molecule has 1 aromatic heterocycles.